The lowest BCUT2D eigenvalue weighted by molar-refractivity contribution is 0.0698. The quantitative estimate of drug-likeness (QED) is 0.438. The predicted octanol–water partition coefficient (Wildman–Crippen LogP) is 0.972. The largest absolute Gasteiger partial charge is 0.478 e. The molecule has 1 rings (SSSR count). The van der Waals surface area contributed by atoms with Crippen molar-refractivity contribution in [2.24, 2.45) is 0 Å². The second-order valence-corrected chi connectivity index (χ2v) is 6.42. The summed E-state index contributed by atoms with van der Waals surface area (Å²) in [7, 11) is -3.22. The molecule has 112 valence electrons. The Labute approximate surface area is 122 Å². The number of carboxylic acids is 1. The number of carboxylic acid groups (broad SMARTS) is 1. The van der Waals surface area contributed by atoms with E-state index in [0.717, 1.165) is 6.26 Å². The molecule has 0 bridgehead atoms. The Morgan fingerprint density at radius 3 is 2.60 bits per heavy atom. The lowest BCUT2D eigenvalue weighted by Crippen LogP contribution is -2.24. The zero-order chi connectivity index (χ0) is 15.3. The van der Waals surface area contributed by atoms with Crippen molar-refractivity contribution in [1.29, 1.82) is 0 Å². The molecule has 7 nitrogen and oxygen atoms in total. The average Bonchev–Trinajstić information content (AvgIpc) is 2.28. The fraction of sp³-hybridized carbons (Fsp3) is 0.364. The molecule has 0 fully saturated rings. The van der Waals surface area contributed by atoms with Crippen LogP contribution in [0.1, 0.15) is 16.8 Å². The topological polar surface area (TPSA) is 122 Å². The number of aromatic carboxylic acids is 1. The number of nitrogens with one attached hydrogen (secondary N) is 2. The summed E-state index contributed by atoms with van der Waals surface area (Å²) in [5, 5.41) is 12.2. The van der Waals surface area contributed by atoms with Gasteiger partial charge in [0.05, 0.1) is 22.5 Å². The smallest absolute Gasteiger partial charge is 0.337 e. The van der Waals surface area contributed by atoms with Crippen LogP contribution in [0.2, 0.25) is 5.02 Å². The van der Waals surface area contributed by atoms with E-state index in [1.165, 1.54) is 12.1 Å². The van der Waals surface area contributed by atoms with Gasteiger partial charge in [0.2, 0.25) is 10.0 Å². The van der Waals surface area contributed by atoms with Crippen LogP contribution in [0.3, 0.4) is 0 Å². The minimum Gasteiger partial charge on any atom is -0.478 e. The molecule has 0 saturated carbocycles. The van der Waals surface area contributed by atoms with E-state index in [0.29, 0.717) is 13.0 Å². The van der Waals surface area contributed by atoms with Crippen molar-refractivity contribution >= 4 is 39.0 Å². The van der Waals surface area contributed by atoms with Gasteiger partial charge in [-0.1, -0.05) is 11.6 Å². The van der Waals surface area contributed by atoms with Crippen molar-refractivity contribution in [2.45, 2.75) is 6.42 Å². The molecule has 0 heterocycles. The third kappa shape index (κ3) is 5.24. The van der Waals surface area contributed by atoms with Crippen LogP contribution in [-0.2, 0) is 10.0 Å². The van der Waals surface area contributed by atoms with Gasteiger partial charge in [-0.25, -0.2) is 17.9 Å². The SMILES string of the molecule is CS(=O)(=O)NCCCNc1c(Cl)cc(N)cc1C(=O)O. The van der Waals surface area contributed by atoms with Crippen molar-refractivity contribution in [3.63, 3.8) is 0 Å². The first-order valence-corrected chi connectivity index (χ1v) is 7.98. The number of anilines is 2. The van der Waals surface area contributed by atoms with Gasteiger partial charge < -0.3 is 16.2 Å². The molecule has 0 aliphatic heterocycles. The molecule has 9 heteroatoms. The first-order valence-electron chi connectivity index (χ1n) is 5.71. The molecule has 1 aromatic rings. The fourth-order valence-electron chi connectivity index (χ4n) is 1.54. The minimum atomic E-state index is -3.22. The van der Waals surface area contributed by atoms with Crippen molar-refractivity contribution < 1.29 is 18.3 Å². The molecular weight excluding hydrogens is 306 g/mol. The molecule has 0 aromatic heterocycles. The fourth-order valence-corrected chi connectivity index (χ4v) is 2.35. The van der Waals surface area contributed by atoms with E-state index in [9.17, 15) is 13.2 Å². The molecule has 0 atom stereocenters. The number of nitrogens with two attached hydrogens (primary N) is 1. The second-order valence-electron chi connectivity index (χ2n) is 4.18. The van der Waals surface area contributed by atoms with Crippen LogP contribution in [0.5, 0.6) is 0 Å². The Morgan fingerprint density at radius 1 is 1.40 bits per heavy atom. The minimum absolute atomic E-state index is 0.0222. The van der Waals surface area contributed by atoms with Crippen molar-refractivity contribution in [3.05, 3.63) is 22.7 Å². The van der Waals surface area contributed by atoms with Crippen LogP contribution < -0.4 is 15.8 Å². The van der Waals surface area contributed by atoms with Gasteiger partial charge in [0.15, 0.2) is 0 Å². The molecule has 0 amide bonds. The Morgan fingerprint density at radius 2 is 2.05 bits per heavy atom. The van der Waals surface area contributed by atoms with E-state index in [-0.39, 0.29) is 28.5 Å². The van der Waals surface area contributed by atoms with Crippen LogP contribution in [0, 0.1) is 0 Å². The zero-order valence-electron chi connectivity index (χ0n) is 10.8. The molecule has 5 N–H and O–H groups in total. The van der Waals surface area contributed by atoms with Gasteiger partial charge in [0.25, 0.3) is 0 Å². The monoisotopic (exact) mass is 321 g/mol. The van der Waals surface area contributed by atoms with Crippen LogP contribution in [-0.4, -0.2) is 38.8 Å². The van der Waals surface area contributed by atoms with Crippen molar-refractivity contribution in [1.82, 2.24) is 4.72 Å². The Kier molecular flexibility index (Phi) is 5.61. The van der Waals surface area contributed by atoms with E-state index in [2.05, 4.69) is 10.0 Å². The van der Waals surface area contributed by atoms with Gasteiger partial charge in [0, 0.05) is 18.8 Å². The first-order chi connectivity index (χ1) is 9.20. The molecule has 0 aliphatic carbocycles. The highest BCUT2D eigenvalue weighted by atomic mass is 35.5. The highest BCUT2D eigenvalue weighted by molar-refractivity contribution is 7.88. The number of benzene rings is 1. The number of rotatable bonds is 7. The van der Waals surface area contributed by atoms with Gasteiger partial charge in [-0.15, -0.1) is 0 Å². The summed E-state index contributed by atoms with van der Waals surface area (Å²) in [5.41, 5.74) is 6.05. The maximum absolute atomic E-state index is 11.1. The van der Waals surface area contributed by atoms with E-state index in [1.54, 1.807) is 0 Å². The number of hydrogen-bond acceptors (Lipinski definition) is 5. The van der Waals surface area contributed by atoms with Crippen LogP contribution >= 0.6 is 11.6 Å². The maximum Gasteiger partial charge on any atom is 0.337 e. The van der Waals surface area contributed by atoms with Gasteiger partial charge in [-0.05, 0) is 18.6 Å². The predicted molar refractivity (Wildman–Crippen MR) is 78.8 cm³/mol. The van der Waals surface area contributed by atoms with E-state index in [1.807, 2.05) is 0 Å². The first kappa shape index (κ1) is 16.5. The molecule has 0 spiro atoms. The number of sulfonamides is 1. The molecular formula is C11H16ClN3O4S. The number of nitrogen functional groups attached to an aromatic ring is 1. The summed E-state index contributed by atoms with van der Waals surface area (Å²) in [6.45, 7) is 0.618. The second kappa shape index (κ2) is 6.78. The summed E-state index contributed by atoms with van der Waals surface area (Å²) in [4.78, 5) is 11.1. The lowest BCUT2D eigenvalue weighted by atomic mass is 10.1. The van der Waals surface area contributed by atoms with Gasteiger partial charge in [-0.3, -0.25) is 0 Å². The maximum atomic E-state index is 11.1. The standard InChI is InChI=1S/C11H16ClN3O4S/c1-20(18,19)15-4-2-3-14-10-8(11(16)17)5-7(13)6-9(10)12/h5-6,14-15H,2-4,13H2,1H3,(H,16,17). The number of halogens is 1. The van der Waals surface area contributed by atoms with Crippen LogP contribution in [0.15, 0.2) is 12.1 Å². The molecule has 20 heavy (non-hydrogen) atoms. The summed E-state index contributed by atoms with van der Waals surface area (Å²) in [5.74, 6) is -1.14. The van der Waals surface area contributed by atoms with Crippen LogP contribution in [0.25, 0.3) is 0 Å². The molecule has 0 unspecified atom stereocenters. The van der Waals surface area contributed by atoms with Gasteiger partial charge in [-0.2, -0.15) is 0 Å². The van der Waals surface area contributed by atoms with E-state index >= 15 is 0 Å². The number of hydrogen-bond donors (Lipinski definition) is 4. The molecule has 1 aromatic carbocycles. The van der Waals surface area contributed by atoms with Gasteiger partial charge >= 0.3 is 5.97 Å². The molecule has 0 aliphatic rings. The molecule has 0 radical (unpaired) electrons. The summed E-state index contributed by atoms with van der Waals surface area (Å²) < 4.78 is 24.0. The van der Waals surface area contributed by atoms with Gasteiger partial charge in [0.1, 0.15) is 0 Å². The number of carbonyl (C=O) groups is 1. The normalized spacial score (nSPS) is 11.3. The Balaban J connectivity index is 2.66. The van der Waals surface area contributed by atoms with Crippen molar-refractivity contribution in [3.8, 4) is 0 Å². The third-order valence-corrected chi connectivity index (χ3v) is 3.39. The van der Waals surface area contributed by atoms with Crippen LogP contribution in [0.4, 0.5) is 11.4 Å². The average molecular weight is 322 g/mol. The Hall–Kier alpha value is -1.51. The summed E-state index contributed by atoms with van der Waals surface area (Å²) in [6.07, 6.45) is 1.55. The van der Waals surface area contributed by atoms with E-state index < -0.39 is 16.0 Å². The zero-order valence-corrected chi connectivity index (χ0v) is 12.4. The van der Waals surface area contributed by atoms with E-state index in [4.69, 9.17) is 22.4 Å². The van der Waals surface area contributed by atoms with Crippen molar-refractivity contribution in [2.75, 3.05) is 30.4 Å². The third-order valence-electron chi connectivity index (χ3n) is 2.36. The highest BCUT2D eigenvalue weighted by Gasteiger charge is 2.14. The summed E-state index contributed by atoms with van der Waals surface area (Å²) >= 11 is 5.95. The molecule has 0 saturated heterocycles. The lowest BCUT2D eigenvalue weighted by Gasteiger charge is -2.12. The summed E-state index contributed by atoms with van der Waals surface area (Å²) in [6, 6.07) is 2.76. The Bertz CT molecular complexity index is 604. The highest BCUT2D eigenvalue weighted by Crippen LogP contribution is 2.29.